The molecule has 12 heteroatoms. The molecule has 0 spiro atoms. The quantitative estimate of drug-likeness (QED) is 0.421. The van der Waals surface area contributed by atoms with E-state index in [2.05, 4.69) is 14.9 Å². The largest absolute Gasteiger partial charge is 0.401 e. The van der Waals surface area contributed by atoms with Crippen molar-refractivity contribution >= 4 is 5.65 Å². The molecule has 0 saturated carbocycles. The molecule has 1 aliphatic heterocycles. The summed E-state index contributed by atoms with van der Waals surface area (Å²) in [7, 11) is 1.65. The van der Waals surface area contributed by atoms with Gasteiger partial charge in [-0.1, -0.05) is 0 Å². The van der Waals surface area contributed by atoms with Crippen LogP contribution in [0.1, 0.15) is 0 Å². The van der Waals surface area contributed by atoms with Crippen molar-refractivity contribution in [3.8, 4) is 22.8 Å². The van der Waals surface area contributed by atoms with Gasteiger partial charge in [0, 0.05) is 62.6 Å². The summed E-state index contributed by atoms with van der Waals surface area (Å²) in [5, 5.41) is 4.62. The summed E-state index contributed by atoms with van der Waals surface area (Å²) in [5.74, 6) is 0.488. The van der Waals surface area contributed by atoms with E-state index in [4.69, 9.17) is 11.6 Å². The highest BCUT2D eigenvalue weighted by Gasteiger charge is 2.51. The minimum atomic E-state index is -4.29. The van der Waals surface area contributed by atoms with Crippen LogP contribution in [0, 0.1) is 6.57 Å². The number of alkyl halides is 3. The number of nitrogens with zero attached hydrogens (tertiary/aromatic N) is 8. The minimum absolute atomic E-state index is 0.0223. The van der Waals surface area contributed by atoms with Gasteiger partial charge in [0.15, 0.2) is 11.4 Å². The highest BCUT2D eigenvalue weighted by molar-refractivity contribution is 5.67. The summed E-state index contributed by atoms with van der Waals surface area (Å²) < 4.78 is 43.1. The van der Waals surface area contributed by atoms with E-state index in [-0.39, 0.29) is 25.2 Å². The average molecular weight is 468 g/mol. The molecular weight excluding hydrogens is 449 g/mol. The summed E-state index contributed by atoms with van der Waals surface area (Å²) in [6.45, 7) is 6.48. The van der Waals surface area contributed by atoms with Crippen molar-refractivity contribution in [2.24, 2.45) is 7.05 Å². The summed E-state index contributed by atoms with van der Waals surface area (Å²) in [5.41, 5.74) is 1.46. The second kappa shape index (κ2) is 7.81. The van der Waals surface area contributed by atoms with Crippen LogP contribution in [0.2, 0.25) is 0 Å². The van der Waals surface area contributed by atoms with Gasteiger partial charge >= 0.3 is 6.18 Å². The molecule has 1 fully saturated rings. The SMILES string of the molecule is [C-]#[N+]CC1(n2ccc(-c3nc(-c4ccc(=O)n(C)c4)cc4nccn34)n2)CN(CC(F)(F)F)C1. The molecule has 0 bridgehead atoms. The van der Waals surface area contributed by atoms with Gasteiger partial charge < -0.3 is 9.41 Å². The molecule has 0 aromatic carbocycles. The van der Waals surface area contributed by atoms with E-state index in [0.29, 0.717) is 22.9 Å². The zero-order chi connectivity index (χ0) is 24.1. The van der Waals surface area contributed by atoms with Gasteiger partial charge in [-0.15, -0.1) is 0 Å². The predicted octanol–water partition coefficient (Wildman–Crippen LogP) is 2.45. The monoisotopic (exact) mass is 468 g/mol. The fraction of sp³-hybridized carbons (Fsp3) is 0.318. The molecule has 0 unspecified atom stereocenters. The molecule has 1 aliphatic rings. The molecule has 0 aliphatic carbocycles. The lowest BCUT2D eigenvalue weighted by molar-refractivity contribution is -0.166. The van der Waals surface area contributed by atoms with E-state index >= 15 is 0 Å². The third-order valence-electron chi connectivity index (χ3n) is 5.89. The molecule has 4 aromatic rings. The first-order valence-corrected chi connectivity index (χ1v) is 10.4. The number of pyridine rings is 1. The van der Waals surface area contributed by atoms with Crippen molar-refractivity contribution < 1.29 is 13.2 Å². The van der Waals surface area contributed by atoms with E-state index in [1.807, 2.05) is 0 Å². The second-order valence-electron chi connectivity index (χ2n) is 8.43. The topological polar surface area (TPSA) is 77.6 Å². The van der Waals surface area contributed by atoms with Crippen molar-refractivity contribution in [2.75, 3.05) is 26.2 Å². The van der Waals surface area contributed by atoms with Crippen LogP contribution in [0.3, 0.4) is 0 Å². The fourth-order valence-electron chi connectivity index (χ4n) is 4.32. The lowest BCUT2D eigenvalue weighted by Crippen LogP contribution is -2.65. The number of hydrogen-bond donors (Lipinski definition) is 0. The smallest absolute Gasteiger partial charge is 0.318 e. The Morgan fingerprint density at radius 2 is 1.97 bits per heavy atom. The normalized spacial score (nSPS) is 15.9. The van der Waals surface area contributed by atoms with Crippen molar-refractivity contribution in [2.45, 2.75) is 11.7 Å². The maximum Gasteiger partial charge on any atom is 0.401 e. The van der Waals surface area contributed by atoms with E-state index in [9.17, 15) is 18.0 Å². The number of fused-ring (bicyclic) bond motifs is 1. The molecule has 0 amide bonds. The summed E-state index contributed by atoms with van der Waals surface area (Å²) in [4.78, 5) is 25.6. The number of aromatic nitrogens is 6. The van der Waals surface area contributed by atoms with Gasteiger partial charge in [0.05, 0.1) is 12.2 Å². The van der Waals surface area contributed by atoms with Crippen LogP contribution >= 0.6 is 0 Å². The predicted molar refractivity (Wildman–Crippen MR) is 117 cm³/mol. The Labute approximate surface area is 191 Å². The number of aryl methyl sites for hydroxylation is 1. The lowest BCUT2D eigenvalue weighted by atomic mass is 9.90. The first kappa shape index (κ1) is 21.8. The molecule has 34 heavy (non-hydrogen) atoms. The number of imidazole rings is 1. The number of rotatable bonds is 5. The van der Waals surface area contributed by atoms with Crippen LogP contribution in [0.15, 0.2) is 53.8 Å². The van der Waals surface area contributed by atoms with Crippen molar-refractivity contribution in [1.82, 2.24) is 33.6 Å². The van der Waals surface area contributed by atoms with Crippen LogP contribution in [0.25, 0.3) is 33.3 Å². The van der Waals surface area contributed by atoms with Crippen LogP contribution in [0.5, 0.6) is 0 Å². The third kappa shape index (κ3) is 3.84. The molecule has 4 aromatic heterocycles. The Hall–Kier alpha value is -3.98. The second-order valence-corrected chi connectivity index (χ2v) is 8.43. The highest BCUT2D eigenvalue weighted by atomic mass is 19.4. The van der Waals surface area contributed by atoms with Crippen molar-refractivity contribution in [3.63, 3.8) is 0 Å². The Balaban J connectivity index is 1.52. The zero-order valence-electron chi connectivity index (χ0n) is 18.1. The average Bonchev–Trinajstić information content (AvgIpc) is 3.42. The lowest BCUT2D eigenvalue weighted by Gasteiger charge is -2.47. The van der Waals surface area contributed by atoms with Crippen LogP contribution in [0.4, 0.5) is 13.2 Å². The summed E-state index contributed by atoms with van der Waals surface area (Å²) in [6, 6.07) is 6.66. The molecule has 1 saturated heterocycles. The standard InChI is InChI=1S/C22H19F3N8O/c1-26-11-21(12-31(13-21)14-22(23,24)25)33-7-5-16(29-33)20-28-17(9-18-27-6-8-32(18)20)15-3-4-19(34)30(2)10-15/h3-10H,11-14H2,2H3. The first-order chi connectivity index (χ1) is 16.2. The van der Waals surface area contributed by atoms with Crippen molar-refractivity contribution in [1.29, 1.82) is 0 Å². The molecule has 0 N–H and O–H groups in total. The number of hydrogen-bond acceptors (Lipinski definition) is 5. The van der Waals surface area contributed by atoms with Gasteiger partial charge in [-0.25, -0.2) is 16.5 Å². The van der Waals surface area contributed by atoms with Gasteiger partial charge in [-0.2, -0.15) is 18.3 Å². The maximum atomic E-state index is 12.8. The van der Waals surface area contributed by atoms with Gasteiger partial charge in [0.2, 0.25) is 12.1 Å². The van der Waals surface area contributed by atoms with E-state index in [1.165, 1.54) is 15.5 Å². The van der Waals surface area contributed by atoms with Crippen molar-refractivity contribution in [3.05, 3.63) is 70.8 Å². The van der Waals surface area contributed by atoms with E-state index in [1.54, 1.807) is 59.1 Å². The first-order valence-electron chi connectivity index (χ1n) is 10.4. The summed E-state index contributed by atoms with van der Waals surface area (Å²) >= 11 is 0. The highest BCUT2D eigenvalue weighted by Crippen LogP contribution is 2.33. The van der Waals surface area contributed by atoms with Crippen LogP contribution in [-0.2, 0) is 12.6 Å². The van der Waals surface area contributed by atoms with E-state index in [0.717, 1.165) is 5.56 Å². The van der Waals surface area contributed by atoms with Crippen LogP contribution in [-0.4, -0.2) is 66.0 Å². The third-order valence-corrected chi connectivity index (χ3v) is 5.89. The molecule has 9 nitrogen and oxygen atoms in total. The zero-order valence-corrected chi connectivity index (χ0v) is 18.1. The minimum Gasteiger partial charge on any atom is -0.318 e. The van der Waals surface area contributed by atoms with Gasteiger partial charge in [-0.3, -0.25) is 18.8 Å². The Morgan fingerprint density at radius 3 is 2.68 bits per heavy atom. The molecule has 5 rings (SSSR count). The Kier molecular flexibility index (Phi) is 5.02. The molecular formula is C22H19F3N8O. The Morgan fingerprint density at radius 1 is 1.18 bits per heavy atom. The molecule has 5 heterocycles. The number of halogens is 3. The number of likely N-dealkylation sites (tertiary alicyclic amines) is 1. The van der Waals surface area contributed by atoms with Gasteiger partial charge in [0.25, 0.3) is 0 Å². The molecule has 0 atom stereocenters. The van der Waals surface area contributed by atoms with Gasteiger partial charge in [0.1, 0.15) is 11.3 Å². The summed E-state index contributed by atoms with van der Waals surface area (Å²) in [6.07, 6.45) is 2.43. The molecule has 0 radical (unpaired) electrons. The van der Waals surface area contributed by atoms with E-state index < -0.39 is 18.3 Å². The van der Waals surface area contributed by atoms with Crippen LogP contribution < -0.4 is 5.56 Å². The molecule has 174 valence electrons. The maximum absolute atomic E-state index is 12.8. The fourth-order valence-corrected chi connectivity index (χ4v) is 4.32. The van der Waals surface area contributed by atoms with Gasteiger partial charge in [-0.05, 0) is 12.1 Å². The Bertz CT molecular complexity index is 1470.